The van der Waals surface area contributed by atoms with Crippen LogP contribution in [0, 0.1) is 5.92 Å². The van der Waals surface area contributed by atoms with E-state index in [-0.39, 0.29) is 30.4 Å². The van der Waals surface area contributed by atoms with Gasteiger partial charge in [-0.1, -0.05) is 6.92 Å². The highest BCUT2D eigenvalue weighted by Gasteiger charge is 2.29. The number of halogens is 1. The van der Waals surface area contributed by atoms with Crippen LogP contribution < -0.4 is 5.73 Å². The Morgan fingerprint density at radius 3 is 2.30 bits per heavy atom. The number of rotatable bonds is 5. The summed E-state index contributed by atoms with van der Waals surface area (Å²) in [4.78, 5) is 16.7. The molecule has 2 unspecified atom stereocenters. The number of amides is 1. The number of nitrogens with two attached hydrogens (primary N) is 1. The summed E-state index contributed by atoms with van der Waals surface area (Å²) in [6.07, 6.45) is 2.29. The maximum absolute atomic E-state index is 12.5. The molecule has 0 aliphatic carbocycles. The van der Waals surface area contributed by atoms with Gasteiger partial charge in [-0.05, 0) is 53.0 Å². The largest absolute Gasteiger partial charge is 0.337 e. The molecule has 1 aliphatic heterocycles. The van der Waals surface area contributed by atoms with Crippen molar-refractivity contribution in [2.75, 3.05) is 19.6 Å². The number of piperidine rings is 1. The quantitative estimate of drug-likeness (QED) is 0.846. The Kier molecular flexibility index (Phi) is 8.71. The second kappa shape index (κ2) is 8.85. The maximum Gasteiger partial charge on any atom is 0.237 e. The number of hydrogen-bond donors (Lipinski definition) is 1. The summed E-state index contributed by atoms with van der Waals surface area (Å²) in [5.74, 6) is 0.962. The van der Waals surface area contributed by atoms with Crippen molar-refractivity contribution in [3.8, 4) is 0 Å². The molecule has 0 saturated carbocycles. The lowest BCUT2D eigenvalue weighted by Crippen LogP contribution is -2.53. The first kappa shape index (κ1) is 19.7. The third-order valence-electron chi connectivity index (χ3n) is 4.11. The lowest BCUT2D eigenvalue weighted by Gasteiger charge is -2.39. The first-order valence-electron chi connectivity index (χ1n) is 7.62. The number of carbonyl (C=O) groups excluding carboxylic acids is 1. The summed E-state index contributed by atoms with van der Waals surface area (Å²) in [6, 6.07) is 0.883. The van der Waals surface area contributed by atoms with Gasteiger partial charge in [0.15, 0.2) is 0 Å². The molecular formula is C15H32ClN3O. The molecule has 20 heavy (non-hydrogen) atoms. The average molecular weight is 306 g/mol. The topological polar surface area (TPSA) is 49.6 Å². The van der Waals surface area contributed by atoms with E-state index in [4.69, 9.17) is 5.73 Å². The van der Waals surface area contributed by atoms with Crippen molar-refractivity contribution in [2.24, 2.45) is 11.7 Å². The van der Waals surface area contributed by atoms with Crippen LogP contribution in [0.2, 0.25) is 0 Å². The molecule has 1 fully saturated rings. The van der Waals surface area contributed by atoms with E-state index in [0.29, 0.717) is 19.1 Å². The van der Waals surface area contributed by atoms with Crippen LogP contribution in [0.4, 0.5) is 0 Å². The van der Waals surface area contributed by atoms with Gasteiger partial charge in [-0.2, -0.15) is 0 Å². The number of nitrogens with zero attached hydrogens (tertiary/aromatic N) is 2. The van der Waals surface area contributed by atoms with Crippen molar-refractivity contribution >= 4 is 18.3 Å². The van der Waals surface area contributed by atoms with Gasteiger partial charge in [0.25, 0.3) is 0 Å². The first-order chi connectivity index (χ1) is 8.86. The van der Waals surface area contributed by atoms with Crippen LogP contribution in [0.1, 0.15) is 47.5 Å². The van der Waals surface area contributed by atoms with Gasteiger partial charge in [0, 0.05) is 24.7 Å². The van der Waals surface area contributed by atoms with E-state index in [1.54, 1.807) is 0 Å². The van der Waals surface area contributed by atoms with E-state index < -0.39 is 0 Å². The maximum atomic E-state index is 12.5. The van der Waals surface area contributed by atoms with Crippen LogP contribution in [-0.4, -0.2) is 53.5 Å². The predicted molar refractivity (Wildman–Crippen MR) is 87.2 cm³/mol. The number of hydrogen-bond acceptors (Lipinski definition) is 3. The van der Waals surface area contributed by atoms with Crippen LogP contribution in [0.5, 0.6) is 0 Å². The van der Waals surface area contributed by atoms with E-state index in [9.17, 15) is 4.79 Å². The monoisotopic (exact) mass is 305 g/mol. The lowest BCUT2D eigenvalue weighted by molar-refractivity contribution is -0.137. The van der Waals surface area contributed by atoms with Crippen molar-refractivity contribution in [3.63, 3.8) is 0 Å². The summed E-state index contributed by atoms with van der Waals surface area (Å²) in [6.45, 7) is 12.8. The summed E-state index contributed by atoms with van der Waals surface area (Å²) in [5.41, 5.74) is 5.86. The molecule has 4 nitrogen and oxygen atoms in total. The zero-order chi connectivity index (χ0) is 14.6. The molecule has 0 bridgehead atoms. The van der Waals surface area contributed by atoms with Gasteiger partial charge in [0.1, 0.15) is 0 Å². The normalized spacial score (nSPS) is 23.8. The van der Waals surface area contributed by atoms with Crippen LogP contribution in [0.25, 0.3) is 0 Å². The van der Waals surface area contributed by atoms with E-state index >= 15 is 0 Å². The van der Waals surface area contributed by atoms with E-state index in [1.165, 1.54) is 6.42 Å². The zero-order valence-corrected chi connectivity index (χ0v) is 14.4. The average Bonchev–Trinajstić information content (AvgIpc) is 2.30. The predicted octanol–water partition coefficient (Wildman–Crippen LogP) is 2.11. The molecule has 0 spiro atoms. The third kappa shape index (κ3) is 5.23. The van der Waals surface area contributed by atoms with Crippen molar-refractivity contribution in [1.29, 1.82) is 0 Å². The summed E-state index contributed by atoms with van der Waals surface area (Å²) in [7, 11) is 0. The van der Waals surface area contributed by atoms with E-state index in [2.05, 4.69) is 39.5 Å². The Hall–Kier alpha value is -0.320. The fourth-order valence-electron chi connectivity index (χ4n) is 3.18. The summed E-state index contributed by atoms with van der Waals surface area (Å²) < 4.78 is 0. The molecule has 0 aromatic rings. The van der Waals surface area contributed by atoms with Crippen molar-refractivity contribution in [1.82, 2.24) is 9.80 Å². The van der Waals surface area contributed by atoms with Crippen LogP contribution in [0.15, 0.2) is 0 Å². The van der Waals surface area contributed by atoms with E-state index in [0.717, 1.165) is 18.9 Å². The molecule has 2 N–H and O–H groups in total. The Morgan fingerprint density at radius 2 is 1.85 bits per heavy atom. The smallest absolute Gasteiger partial charge is 0.237 e. The van der Waals surface area contributed by atoms with Crippen molar-refractivity contribution in [3.05, 3.63) is 0 Å². The lowest BCUT2D eigenvalue weighted by atomic mass is 9.92. The molecule has 2 atom stereocenters. The SMILES string of the molecule is CC1CCN(CC(=O)N(C(C)C)C(C)C)C(CN)C1.Cl. The molecule has 1 saturated heterocycles. The minimum atomic E-state index is 0. The minimum absolute atomic E-state index is 0. The standard InChI is InChI=1S/C15H31N3O.ClH/c1-11(2)18(12(3)4)15(19)10-17-7-6-13(5)8-14(17)9-16;/h11-14H,6-10,16H2,1-5H3;1H. The molecule has 1 amide bonds. The van der Waals surface area contributed by atoms with E-state index in [1.807, 2.05) is 4.90 Å². The molecular weight excluding hydrogens is 274 g/mol. The molecule has 5 heteroatoms. The molecule has 1 aliphatic rings. The Labute approximate surface area is 130 Å². The molecule has 0 aromatic heterocycles. The number of likely N-dealkylation sites (tertiary alicyclic amines) is 1. The van der Waals surface area contributed by atoms with Crippen molar-refractivity contribution in [2.45, 2.75) is 65.6 Å². The highest BCUT2D eigenvalue weighted by atomic mass is 35.5. The number of carbonyl (C=O) groups is 1. The Morgan fingerprint density at radius 1 is 1.30 bits per heavy atom. The highest BCUT2D eigenvalue weighted by molar-refractivity contribution is 5.85. The molecule has 0 radical (unpaired) electrons. The highest BCUT2D eigenvalue weighted by Crippen LogP contribution is 2.22. The zero-order valence-electron chi connectivity index (χ0n) is 13.6. The van der Waals surface area contributed by atoms with Gasteiger partial charge in [0.05, 0.1) is 6.54 Å². The summed E-state index contributed by atoms with van der Waals surface area (Å²) >= 11 is 0. The van der Waals surface area contributed by atoms with Crippen LogP contribution in [-0.2, 0) is 4.79 Å². The Bertz CT molecular complexity index is 289. The van der Waals surface area contributed by atoms with Gasteiger partial charge in [-0.3, -0.25) is 9.69 Å². The van der Waals surface area contributed by atoms with Crippen LogP contribution in [0.3, 0.4) is 0 Å². The fraction of sp³-hybridized carbons (Fsp3) is 0.933. The second-order valence-electron chi connectivity index (χ2n) is 6.48. The molecule has 1 heterocycles. The third-order valence-corrected chi connectivity index (χ3v) is 4.11. The molecule has 1 rings (SSSR count). The van der Waals surface area contributed by atoms with Crippen LogP contribution >= 0.6 is 12.4 Å². The molecule has 0 aromatic carbocycles. The molecule has 120 valence electrons. The van der Waals surface area contributed by atoms with Crippen molar-refractivity contribution < 1.29 is 4.79 Å². The summed E-state index contributed by atoms with van der Waals surface area (Å²) in [5, 5.41) is 0. The second-order valence-corrected chi connectivity index (χ2v) is 6.48. The fourth-order valence-corrected chi connectivity index (χ4v) is 3.18. The van der Waals surface area contributed by atoms with Gasteiger partial charge >= 0.3 is 0 Å². The van der Waals surface area contributed by atoms with Gasteiger partial charge < -0.3 is 10.6 Å². The first-order valence-corrected chi connectivity index (χ1v) is 7.62. The minimum Gasteiger partial charge on any atom is -0.337 e. The Balaban J connectivity index is 0.00000361. The van der Waals surface area contributed by atoms with Gasteiger partial charge in [0.2, 0.25) is 5.91 Å². The van der Waals surface area contributed by atoms with Gasteiger partial charge in [-0.15, -0.1) is 12.4 Å². The van der Waals surface area contributed by atoms with Gasteiger partial charge in [-0.25, -0.2) is 0 Å².